The molecule has 6 nitrogen and oxygen atoms in total. The van der Waals surface area contributed by atoms with Crippen molar-refractivity contribution in [1.29, 1.82) is 0 Å². The minimum atomic E-state index is -0.963. The highest BCUT2D eigenvalue weighted by Crippen LogP contribution is 2.02. The molecule has 0 aromatic heterocycles. The Bertz CT molecular complexity index is 201. The van der Waals surface area contributed by atoms with Crippen LogP contribution >= 0.6 is 0 Å². The highest BCUT2D eigenvalue weighted by Gasteiger charge is 2.09. The number of azide groups is 1. The summed E-state index contributed by atoms with van der Waals surface area (Å²) in [6.07, 6.45) is 2.87. The lowest BCUT2D eigenvalue weighted by atomic mass is 10.1. The fourth-order valence-corrected chi connectivity index (χ4v) is 0.892. The van der Waals surface area contributed by atoms with E-state index in [-0.39, 0.29) is 0 Å². The standard InChI is InChI=1S/C7H14N4O2/c8-6(7(12)13)4-2-1-3-5-10-11-9/h6H,1-5,8H2,(H,12,13)/t6-/m0/s1. The summed E-state index contributed by atoms with van der Waals surface area (Å²) >= 11 is 0. The van der Waals surface area contributed by atoms with Crippen molar-refractivity contribution in [3.8, 4) is 0 Å². The zero-order valence-electron chi connectivity index (χ0n) is 7.39. The minimum absolute atomic E-state index is 0.471. The van der Waals surface area contributed by atoms with Crippen LogP contribution in [0.5, 0.6) is 0 Å². The number of carboxylic acid groups (broad SMARTS) is 1. The van der Waals surface area contributed by atoms with Gasteiger partial charge in [-0.2, -0.15) is 0 Å². The number of carbonyl (C=O) groups is 1. The smallest absolute Gasteiger partial charge is 0.320 e. The molecule has 3 N–H and O–H groups in total. The van der Waals surface area contributed by atoms with Gasteiger partial charge in [-0.3, -0.25) is 4.79 Å². The van der Waals surface area contributed by atoms with E-state index in [9.17, 15) is 4.79 Å². The third kappa shape index (κ3) is 7.11. The molecule has 0 saturated heterocycles. The maximum Gasteiger partial charge on any atom is 0.320 e. The SMILES string of the molecule is [N-]=[N+]=NCCCCC[C@H](N)C(=O)O. The number of nitrogens with two attached hydrogens (primary N) is 1. The average Bonchev–Trinajstić information content (AvgIpc) is 2.10. The van der Waals surface area contributed by atoms with Crippen LogP contribution in [0.15, 0.2) is 5.11 Å². The van der Waals surface area contributed by atoms with Crippen LogP contribution in [0.4, 0.5) is 0 Å². The quantitative estimate of drug-likeness (QED) is 0.270. The van der Waals surface area contributed by atoms with Crippen molar-refractivity contribution in [3.05, 3.63) is 10.4 Å². The van der Waals surface area contributed by atoms with Crippen LogP contribution < -0.4 is 5.73 Å². The largest absolute Gasteiger partial charge is 0.480 e. The van der Waals surface area contributed by atoms with E-state index in [2.05, 4.69) is 10.0 Å². The minimum Gasteiger partial charge on any atom is -0.480 e. The topological polar surface area (TPSA) is 112 Å². The molecule has 0 bridgehead atoms. The summed E-state index contributed by atoms with van der Waals surface area (Å²) in [6, 6.07) is -0.764. The number of hydrogen-bond acceptors (Lipinski definition) is 3. The highest BCUT2D eigenvalue weighted by molar-refractivity contribution is 5.72. The Kier molecular flexibility index (Phi) is 6.68. The van der Waals surface area contributed by atoms with Crippen LogP contribution in [0.25, 0.3) is 10.4 Å². The molecule has 0 amide bonds. The van der Waals surface area contributed by atoms with Gasteiger partial charge in [0.1, 0.15) is 6.04 Å². The van der Waals surface area contributed by atoms with E-state index >= 15 is 0 Å². The molecule has 74 valence electrons. The maximum atomic E-state index is 10.3. The van der Waals surface area contributed by atoms with Crippen molar-refractivity contribution in [2.75, 3.05) is 6.54 Å². The zero-order valence-corrected chi connectivity index (χ0v) is 7.39. The lowest BCUT2D eigenvalue weighted by molar-refractivity contribution is -0.138. The number of aliphatic carboxylic acids is 1. The molecule has 0 aromatic carbocycles. The van der Waals surface area contributed by atoms with Gasteiger partial charge in [-0.25, -0.2) is 0 Å². The Morgan fingerprint density at radius 2 is 2.23 bits per heavy atom. The van der Waals surface area contributed by atoms with E-state index < -0.39 is 12.0 Å². The van der Waals surface area contributed by atoms with E-state index in [1.54, 1.807) is 0 Å². The Balaban J connectivity index is 3.25. The van der Waals surface area contributed by atoms with Crippen LogP contribution in [0, 0.1) is 0 Å². The second-order valence-electron chi connectivity index (χ2n) is 2.75. The fourth-order valence-electron chi connectivity index (χ4n) is 0.892. The van der Waals surface area contributed by atoms with Crippen molar-refractivity contribution >= 4 is 5.97 Å². The van der Waals surface area contributed by atoms with Crippen molar-refractivity contribution in [2.45, 2.75) is 31.7 Å². The average molecular weight is 186 g/mol. The molecular weight excluding hydrogens is 172 g/mol. The molecule has 0 aliphatic rings. The van der Waals surface area contributed by atoms with Crippen LogP contribution in [0.2, 0.25) is 0 Å². The summed E-state index contributed by atoms with van der Waals surface area (Å²) in [6.45, 7) is 0.471. The number of nitrogens with zero attached hydrogens (tertiary/aromatic N) is 3. The summed E-state index contributed by atoms with van der Waals surface area (Å²) in [5, 5.41) is 11.8. The van der Waals surface area contributed by atoms with Gasteiger partial charge < -0.3 is 10.8 Å². The van der Waals surface area contributed by atoms with E-state index in [1.165, 1.54) is 0 Å². The first-order chi connectivity index (χ1) is 6.18. The molecule has 0 rings (SSSR count). The van der Waals surface area contributed by atoms with E-state index in [4.69, 9.17) is 16.4 Å². The first kappa shape index (κ1) is 11.7. The Labute approximate surface area is 76.4 Å². The molecule has 13 heavy (non-hydrogen) atoms. The monoisotopic (exact) mass is 186 g/mol. The van der Waals surface area contributed by atoms with Gasteiger partial charge in [0.05, 0.1) is 0 Å². The number of carboxylic acids is 1. The molecule has 0 radical (unpaired) electrons. The second-order valence-corrected chi connectivity index (χ2v) is 2.75. The van der Waals surface area contributed by atoms with Gasteiger partial charge in [0.15, 0.2) is 0 Å². The van der Waals surface area contributed by atoms with Gasteiger partial charge >= 0.3 is 5.97 Å². The Morgan fingerprint density at radius 3 is 2.77 bits per heavy atom. The molecule has 0 aliphatic carbocycles. The molecule has 1 atom stereocenters. The molecular formula is C7H14N4O2. The van der Waals surface area contributed by atoms with Crippen molar-refractivity contribution < 1.29 is 9.90 Å². The molecule has 0 aromatic rings. The summed E-state index contributed by atoms with van der Waals surface area (Å²) in [7, 11) is 0. The third-order valence-corrected chi connectivity index (χ3v) is 1.65. The van der Waals surface area contributed by atoms with Gasteiger partial charge in [-0.05, 0) is 18.4 Å². The summed E-state index contributed by atoms with van der Waals surface area (Å²) < 4.78 is 0. The van der Waals surface area contributed by atoms with Crippen molar-refractivity contribution in [2.24, 2.45) is 10.8 Å². The van der Waals surface area contributed by atoms with Crippen LogP contribution in [-0.4, -0.2) is 23.7 Å². The first-order valence-corrected chi connectivity index (χ1v) is 4.17. The summed E-state index contributed by atoms with van der Waals surface area (Å²) in [5.74, 6) is -0.963. The molecule has 0 unspecified atom stereocenters. The molecule has 0 spiro atoms. The summed E-state index contributed by atoms with van der Waals surface area (Å²) in [5.41, 5.74) is 13.2. The van der Waals surface area contributed by atoms with E-state index in [0.29, 0.717) is 13.0 Å². The Morgan fingerprint density at radius 1 is 1.54 bits per heavy atom. The van der Waals surface area contributed by atoms with Crippen LogP contribution in [0.3, 0.4) is 0 Å². The van der Waals surface area contributed by atoms with Crippen molar-refractivity contribution in [1.82, 2.24) is 0 Å². The van der Waals surface area contributed by atoms with Crippen LogP contribution in [0.1, 0.15) is 25.7 Å². The molecule has 6 heteroatoms. The van der Waals surface area contributed by atoms with Gasteiger partial charge in [0, 0.05) is 11.5 Å². The van der Waals surface area contributed by atoms with E-state index in [1.807, 2.05) is 0 Å². The summed E-state index contributed by atoms with van der Waals surface area (Å²) in [4.78, 5) is 12.9. The highest BCUT2D eigenvalue weighted by atomic mass is 16.4. The first-order valence-electron chi connectivity index (χ1n) is 4.17. The number of rotatable bonds is 7. The normalized spacial score (nSPS) is 11.8. The van der Waals surface area contributed by atoms with Gasteiger partial charge in [-0.15, -0.1) is 0 Å². The molecule has 0 aliphatic heterocycles. The van der Waals surface area contributed by atoms with Gasteiger partial charge in [0.25, 0.3) is 0 Å². The fraction of sp³-hybridized carbons (Fsp3) is 0.857. The molecule has 0 heterocycles. The van der Waals surface area contributed by atoms with E-state index in [0.717, 1.165) is 19.3 Å². The number of unbranched alkanes of at least 4 members (excludes halogenated alkanes) is 2. The predicted octanol–water partition coefficient (Wildman–Crippen LogP) is 1.27. The second kappa shape index (κ2) is 7.39. The molecule has 0 saturated carbocycles. The maximum absolute atomic E-state index is 10.3. The number of hydrogen-bond donors (Lipinski definition) is 2. The van der Waals surface area contributed by atoms with Gasteiger partial charge in [0.2, 0.25) is 0 Å². The predicted molar refractivity (Wildman–Crippen MR) is 48.1 cm³/mol. The Hall–Kier alpha value is -1.26. The molecule has 0 fully saturated rings. The van der Waals surface area contributed by atoms with Crippen molar-refractivity contribution in [3.63, 3.8) is 0 Å². The third-order valence-electron chi connectivity index (χ3n) is 1.65. The van der Waals surface area contributed by atoms with Crippen LogP contribution in [-0.2, 0) is 4.79 Å². The van der Waals surface area contributed by atoms with Gasteiger partial charge in [-0.1, -0.05) is 18.0 Å². The zero-order chi connectivity index (χ0) is 10.1. The lowest BCUT2D eigenvalue weighted by Gasteiger charge is -2.04. The lowest BCUT2D eigenvalue weighted by Crippen LogP contribution is -2.29.